The zero-order valence-electron chi connectivity index (χ0n) is 19.6. The minimum absolute atomic E-state index is 0.00756. The number of methoxy groups -OCH3 is 1. The summed E-state index contributed by atoms with van der Waals surface area (Å²) in [6, 6.07) is 20.1. The molecule has 0 unspecified atom stereocenters. The molecule has 1 heterocycles. The van der Waals surface area contributed by atoms with Crippen LogP contribution in [0.3, 0.4) is 0 Å². The topological polar surface area (TPSA) is 77.1 Å². The second-order valence-electron chi connectivity index (χ2n) is 7.69. The van der Waals surface area contributed by atoms with E-state index in [2.05, 4.69) is 21.2 Å². The normalized spacial score (nSPS) is 14.6. The van der Waals surface area contributed by atoms with E-state index >= 15 is 0 Å². The monoisotopic (exact) mass is 566 g/mol. The largest absolute Gasteiger partial charge is 0.497 e. The van der Waals surface area contributed by atoms with Gasteiger partial charge in [0.1, 0.15) is 17.9 Å². The number of rotatable bonds is 8. The molecule has 3 aromatic carbocycles. The molecule has 0 aliphatic carbocycles. The van der Waals surface area contributed by atoms with Gasteiger partial charge in [-0.25, -0.2) is 0 Å². The number of amides is 2. The highest BCUT2D eigenvalue weighted by Gasteiger charge is 2.34. The fraction of sp³-hybridized carbons (Fsp3) is 0.148. The number of hydrogen-bond donors (Lipinski definition) is 1. The highest BCUT2D eigenvalue weighted by Crippen LogP contribution is 2.38. The molecule has 0 atom stereocenters. The second-order valence-corrected chi connectivity index (χ2v) is 8.93. The van der Waals surface area contributed by atoms with Crippen molar-refractivity contribution in [1.29, 1.82) is 0 Å². The van der Waals surface area contributed by atoms with E-state index in [0.717, 1.165) is 5.56 Å². The zero-order valence-corrected chi connectivity index (χ0v) is 22.0. The van der Waals surface area contributed by atoms with E-state index in [4.69, 9.17) is 26.4 Å². The Kier molecular flexibility index (Phi) is 8.02. The van der Waals surface area contributed by atoms with Crippen LogP contribution in [0.5, 0.6) is 17.2 Å². The minimum Gasteiger partial charge on any atom is -0.497 e. The van der Waals surface area contributed by atoms with Gasteiger partial charge in [-0.1, -0.05) is 30.3 Å². The van der Waals surface area contributed by atoms with Crippen molar-refractivity contribution in [3.8, 4) is 17.2 Å². The number of anilines is 1. The number of hydrogen-bond acceptors (Lipinski definition) is 6. The van der Waals surface area contributed by atoms with Crippen LogP contribution < -0.4 is 24.4 Å². The SMILES string of the molecule is CCOc1cc(/C=C2/C(=O)NC(=S)N(c3ccc(OC)cc3)C2=O)cc(Br)c1OCc1ccccc1. The second kappa shape index (κ2) is 11.4. The van der Waals surface area contributed by atoms with Crippen molar-refractivity contribution in [2.45, 2.75) is 13.5 Å². The lowest BCUT2D eigenvalue weighted by Crippen LogP contribution is -2.54. The van der Waals surface area contributed by atoms with Crippen LogP contribution in [0.4, 0.5) is 5.69 Å². The summed E-state index contributed by atoms with van der Waals surface area (Å²) in [4.78, 5) is 27.3. The van der Waals surface area contributed by atoms with Gasteiger partial charge in [0, 0.05) is 0 Å². The van der Waals surface area contributed by atoms with Gasteiger partial charge < -0.3 is 14.2 Å². The summed E-state index contributed by atoms with van der Waals surface area (Å²) in [6.07, 6.45) is 1.50. The molecule has 1 N–H and O–H groups in total. The van der Waals surface area contributed by atoms with Crippen LogP contribution in [0.15, 0.2) is 76.8 Å². The average molecular weight is 567 g/mol. The van der Waals surface area contributed by atoms with Crippen molar-refractivity contribution in [3.05, 3.63) is 87.9 Å². The highest BCUT2D eigenvalue weighted by atomic mass is 79.9. The van der Waals surface area contributed by atoms with E-state index in [0.29, 0.717) is 46.2 Å². The Balaban J connectivity index is 1.65. The third kappa shape index (κ3) is 5.58. The summed E-state index contributed by atoms with van der Waals surface area (Å²) in [5, 5.41) is 2.60. The van der Waals surface area contributed by atoms with Gasteiger partial charge >= 0.3 is 0 Å². The number of carbonyl (C=O) groups excluding carboxylic acids is 2. The van der Waals surface area contributed by atoms with Gasteiger partial charge in [0.05, 0.1) is 23.9 Å². The summed E-state index contributed by atoms with van der Waals surface area (Å²) < 4.78 is 17.6. The Hall–Kier alpha value is -3.69. The first-order valence-corrected chi connectivity index (χ1v) is 12.3. The van der Waals surface area contributed by atoms with E-state index in [1.165, 1.54) is 11.0 Å². The highest BCUT2D eigenvalue weighted by molar-refractivity contribution is 9.10. The molecule has 0 bridgehead atoms. The van der Waals surface area contributed by atoms with Crippen molar-refractivity contribution in [2.75, 3.05) is 18.6 Å². The van der Waals surface area contributed by atoms with Gasteiger partial charge in [0.25, 0.3) is 11.8 Å². The molecule has 1 fully saturated rings. The average Bonchev–Trinajstić information content (AvgIpc) is 2.87. The third-order valence-electron chi connectivity index (χ3n) is 5.30. The Morgan fingerprint density at radius 2 is 1.75 bits per heavy atom. The Bertz CT molecular complexity index is 1330. The first-order valence-electron chi connectivity index (χ1n) is 11.1. The lowest BCUT2D eigenvalue weighted by atomic mass is 10.1. The van der Waals surface area contributed by atoms with Crippen molar-refractivity contribution >= 4 is 56.8 Å². The number of nitrogens with one attached hydrogen (secondary N) is 1. The van der Waals surface area contributed by atoms with Gasteiger partial charge in [-0.15, -0.1) is 0 Å². The van der Waals surface area contributed by atoms with Crippen LogP contribution in [0.2, 0.25) is 0 Å². The van der Waals surface area contributed by atoms with Crippen LogP contribution in [-0.2, 0) is 16.2 Å². The van der Waals surface area contributed by atoms with Crippen LogP contribution >= 0.6 is 28.1 Å². The molecule has 0 spiro atoms. The maximum Gasteiger partial charge on any atom is 0.270 e. The number of ether oxygens (including phenoxy) is 3. The molecular weight excluding hydrogens is 544 g/mol. The van der Waals surface area contributed by atoms with Crippen molar-refractivity contribution < 1.29 is 23.8 Å². The van der Waals surface area contributed by atoms with E-state index in [1.807, 2.05) is 37.3 Å². The van der Waals surface area contributed by atoms with Gasteiger partial charge in [-0.2, -0.15) is 0 Å². The molecule has 3 aromatic rings. The molecule has 1 aliphatic rings. The van der Waals surface area contributed by atoms with Crippen LogP contribution in [-0.4, -0.2) is 30.6 Å². The molecule has 1 aliphatic heterocycles. The summed E-state index contributed by atoms with van der Waals surface area (Å²) >= 11 is 8.82. The maximum atomic E-state index is 13.3. The predicted molar refractivity (Wildman–Crippen MR) is 145 cm³/mol. The number of halogens is 1. The Labute approximate surface area is 222 Å². The molecule has 7 nitrogen and oxygen atoms in total. The summed E-state index contributed by atoms with van der Waals surface area (Å²) in [5.41, 5.74) is 2.04. The molecule has 0 aromatic heterocycles. The summed E-state index contributed by atoms with van der Waals surface area (Å²) in [5.74, 6) is 0.543. The number of benzene rings is 3. The molecule has 184 valence electrons. The molecule has 2 amide bonds. The Morgan fingerprint density at radius 1 is 1.03 bits per heavy atom. The van der Waals surface area contributed by atoms with Crippen molar-refractivity contribution in [3.63, 3.8) is 0 Å². The Morgan fingerprint density at radius 3 is 2.42 bits per heavy atom. The first-order chi connectivity index (χ1) is 17.4. The van der Waals surface area contributed by atoms with Gasteiger partial charge in [0.2, 0.25) is 0 Å². The quantitative estimate of drug-likeness (QED) is 0.227. The van der Waals surface area contributed by atoms with Gasteiger partial charge in [-0.3, -0.25) is 19.8 Å². The van der Waals surface area contributed by atoms with E-state index in [1.54, 1.807) is 43.5 Å². The maximum absolute atomic E-state index is 13.3. The van der Waals surface area contributed by atoms with Crippen molar-refractivity contribution in [1.82, 2.24) is 5.32 Å². The van der Waals surface area contributed by atoms with E-state index < -0.39 is 11.8 Å². The molecule has 4 rings (SSSR count). The predicted octanol–water partition coefficient (Wildman–Crippen LogP) is 5.27. The van der Waals surface area contributed by atoms with Crippen LogP contribution in [0.1, 0.15) is 18.1 Å². The lowest BCUT2D eigenvalue weighted by molar-refractivity contribution is -0.122. The van der Waals surface area contributed by atoms with E-state index in [-0.39, 0.29) is 10.7 Å². The standard InChI is InChI=1S/C27H23BrN2O5S/c1-3-34-23-15-18(14-22(28)24(23)35-16-17-7-5-4-6-8-17)13-21-25(31)29-27(36)30(26(21)32)19-9-11-20(33-2)12-10-19/h4-15H,3,16H2,1-2H3,(H,29,31,36)/b21-13-. The number of nitrogens with zero attached hydrogens (tertiary/aromatic N) is 1. The number of thiocarbonyl (C=S) groups is 1. The lowest BCUT2D eigenvalue weighted by Gasteiger charge is -2.29. The smallest absolute Gasteiger partial charge is 0.270 e. The molecule has 0 radical (unpaired) electrons. The molecule has 36 heavy (non-hydrogen) atoms. The zero-order chi connectivity index (χ0) is 25.7. The molecule has 9 heteroatoms. The number of carbonyl (C=O) groups is 2. The minimum atomic E-state index is -0.576. The van der Waals surface area contributed by atoms with Crippen molar-refractivity contribution in [2.24, 2.45) is 0 Å². The molecule has 1 saturated heterocycles. The molecular formula is C27H23BrN2O5S. The molecule has 0 saturated carbocycles. The fourth-order valence-corrected chi connectivity index (χ4v) is 4.45. The van der Waals surface area contributed by atoms with Crippen LogP contribution in [0.25, 0.3) is 6.08 Å². The first kappa shape index (κ1) is 25.4. The van der Waals surface area contributed by atoms with E-state index in [9.17, 15) is 9.59 Å². The summed E-state index contributed by atoms with van der Waals surface area (Å²) in [6.45, 7) is 2.63. The third-order valence-corrected chi connectivity index (χ3v) is 6.17. The van der Waals surface area contributed by atoms with Gasteiger partial charge in [0.15, 0.2) is 16.6 Å². The fourth-order valence-electron chi connectivity index (χ4n) is 3.59. The van der Waals surface area contributed by atoms with Crippen LogP contribution in [0, 0.1) is 0 Å². The summed E-state index contributed by atoms with van der Waals surface area (Å²) in [7, 11) is 1.55. The van der Waals surface area contributed by atoms with Gasteiger partial charge in [-0.05, 0) is 88.7 Å².